The molecule has 0 bridgehead atoms. The van der Waals surface area contributed by atoms with Crippen LogP contribution in [0.25, 0.3) is 0 Å². The van der Waals surface area contributed by atoms with Crippen molar-refractivity contribution in [3.63, 3.8) is 0 Å². The Morgan fingerprint density at radius 3 is 2.16 bits per heavy atom. The van der Waals surface area contributed by atoms with Crippen LogP contribution >= 0.6 is 12.4 Å². The summed E-state index contributed by atoms with van der Waals surface area (Å²) in [5, 5.41) is 3.06. The predicted octanol–water partition coefficient (Wildman–Crippen LogP) is 5.06. The van der Waals surface area contributed by atoms with Crippen molar-refractivity contribution < 1.29 is 14.3 Å². The number of likely N-dealkylation sites (N-methyl/N-ethyl adjacent to an activating group) is 1. The smallest absolute Gasteiger partial charge is 0.338 e. The summed E-state index contributed by atoms with van der Waals surface area (Å²) in [6.45, 7) is 7.16. The second-order valence-electron chi connectivity index (χ2n) is 7.85. The number of hydrogen-bond donors (Lipinski definition) is 1. The lowest BCUT2D eigenvalue weighted by Crippen LogP contribution is -2.37. The van der Waals surface area contributed by atoms with Crippen LogP contribution in [-0.2, 0) is 14.9 Å². The normalized spacial score (nSPS) is 14.7. The summed E-state index contributed by atoms with van der Waals surface area (Å²) in [6, 6.07) is 17.0. The first-order valence-electron chi connectivity index (χ1n) is 11.0. The molecule has 0 heterocycles. The fourth-order valence-corrected chi connectivity index (χ4v) is 4.21. The van der Waals surface area contributed by atoms with Gasteiger partial charge in [-0.2, -0.15) is 0 Å². The van der Waals surface area contributed by atoms with E-state index in [-0.39, 0.29) is 24.3 Å². The molecule has 3 rings (SSSR count). The highest BCUT2D eigenvalue weighted by molar-refractivity contribution is 6.00. The van der Waals surface area contributed by atoms with Crippen LogP contribution in [0.15, 0.2) is 54.6 Å². The van der Waals surface area contributed by atoms with Crippen molar-refractivity contribution in [2.45, 2.75) is 44.9 Å². The predicted molar refractivity (Wildman–Crippen MR) is 127 cm³/mol. The standard InChI is InChI=1S/C25H32N2O3.ClH/c1-3-27(4-2)18-19-30-23(28)20-12-14-22(15-13-20)26-24(29)25(16-8-9-17-25)21-10-6-5-7-11-21;/h5-7,10-15H,3-4,8-9,16-19H2,1-2H3,(H,26,29);1H. The van der Waals surface area contributed by atoms with Crippen molar-refractivity contribution in [3.8, 4) is 0 Å². The van der Waals surface area contributed by atoms with Gasteiger partial charge >= 0.3 is 5.97 Å². The molecule has 1 amide bonds. The minimum absolute atomic E-state index is 0. The van der Waals surface area contributed by atoms with Gasteiger partial charge in [0.25, 0.3) is 0 Å². The highest BCUT2D eigenvalue weighted by atomic mass is 35.5. The van der Waals surface area contributed by atoms with E-state index >= 15 is 0 Å². The molecular weight excluding hydrogens is 412 g/mol. The Morgan fingerprint density at radius 2 is 1.58 bits per heavy atom. The Balaban J connectivity index is 0.00000341. The average Bonchev–Trinajstić information content (AvgIpc) is 3.29. The molecule has 6 heteroatoms. The summed E-state index contributed by atoms with van der Waals surface area (Å²) in [5.74, 6) is -0.308. The van der Waals surface area contributed by atoms with Gasteiger partial charge in [0.05, 0.1) is 11.0 Å². The van der Waals surface area contributed by atoms with Gasteiger partial charge in [-0.05, 0) is 55.8 Å². The van der Waals surface area contributed by atoms with E-state index in [9.17, 15) is 9.59 Å². The maximum absolute atomic E-state index is 13.2. The summed E-state index contributed by atoms with van der Waals surface area (Å²) in [5.41, 5.74) is 1.80. The molecule has 0 radical (unpaired) electrons. The quantitative estimate of drug-likeness (QED) is 0.549. The number of amides is 1. The third-order valence-electron chi connectivity index (χ3n) is 6.13. The number of anilines is 1. The summed E-state index contributed by atoms with van der Waals surface area (Å²) in [4.78, 5) is 27.7. The van der Waals surface area contributed by atoms with E-state index < -0.39 is 5.41 Å². The van der Waals surface area contributed by atoms with E-state index in [1.807, 2.05) is 30.3 Å². The molecule has 1 saturated carbocycles. The minimum atomic E-state index is -0.469. The number of ether oxygens (including phenoxy) is 1. The Hall–Kier alpha value is -2.37. The van der Waals surface area contributed by atoms with Crippen molar-refractivity contribution >= 4 is 30.0 Å². The molecular formula is C25H33ClN2O3. The fraction of sp³-hybridized carbons (Fsp3) is 0.440. The molecule has 0 aliphatic heterocycles. The number of nitrogens with one attached hydrogen (secondary N) is 1. The molecule has 1 aliphatic rings. The van der Waals surface area contributed by atoms with E-state index in [0.29, 0.717) is 17.9 Å². The van der Waals surface area contributed by atoms with Crippen LogP contribution in [0.2, 0.25) is 0 Å². The lowest BCUT2D eigenvalue weighted by Gasteiger charge is -2.28. The lowest BCUT2D eigenvalue weighted by atomic mass is 9.78. The molecule has 0 saturated heterocycles. The Labute approximate surface area is 191 Å². The first-order chi connectivity index (χ1) is 14.6. The second kappa shape index (κ2) is 11.9. The van der Waals surface area contributed by atoms with E-state index in [2.05, 4.69) is 24.1 Å². The van der Waals surface area contributed by atoms with Crippen LogP contribution in [0.1, 0.15) is 55.5 Å². The minimum Gasteiger partial charge on any atom is -0.461 e. The Bertz CT molecular complexity index is 830. The number of hydrogen-bond acceptors (Lipinski definition) is 4. The van der Waals surface area contributed by atoms with Crippen LogP contribution in [0, 0.1) is 0 Å². The molecule has 2 aromatic carbocycles. The Kier molecular flexibility index (Phi) is 9.53. The van der Waals surface area contributed by atoms with Gasteiger partial charge in [0.2, 0.25) is 5.91 Å². The molecule has 0 unspecified atom stereocenters. The van der Waals surface area contributed by atoms with Crippen molar-refractivity contribution in [1.29, 1.82) is 0 Å². The molecule has 0 aromatic heterocycles. The monoisotopic (exact) mass is 444 g/mol. The van der Waals surface area contributed by atoms with Crippen LogP contribution in [-0.4, -0.2) is 43.0 Å². The summed E-state index contributed by atoms with van der Waals surface area (Å²) >= 11 is 0. The SMILES string of the molecule is CCN(CC)CCOC(=O)c1ccc(NC(=O)C2(c3ccccc3)CCCC2)cc1.Cl. The number of carbonyl (C=O) groups is 2. The van der Waals surface area contributed by atoms with Gasteiger partial charge in [0.15, 0.2) is 0 Å². The highest BCUT2D eigenvalue weighted by Crippen LogP contribution is 2.42. The molecule has 1 aliphatic carbocycles. The molecule has 1 fully saturated rings. The van der Waals surface area contributed by atoms with Gasteiger partial charge in [0.1, 0.15) is 6.61 Å². The number of esters is 1. The number of halogens is 1. The zero-order valence-corrected chi connectivity index (χ0v) is 19.2. The zero-order valence-electron chi connectivity index (χ0n) is 18.4. The van der Waals surface area contributed by atoms with Gasteiger partial charge in [-0.1, -0.05) is 57.0 Å². The summed E-state index contributed by atoms with van der Waals surface area (Å²) in [6.07, 6.45) is 3.83. The molecule has 0 atom stereocenters. The lowest BCUT2D eigenvalue weighted by molar-refractivity contribution is -0.121. The first kappa shape index (κ1) is 24.9. The number of nitrogens with zero attached hydrogens (tertiary/aromatic N) is 1. The van der Waals surface area contributed by atoms with Crippen molar-refractivity contribution in [2.24, 2.45) is 0 Å². The van der Waals surface area contributed by atoms with Crippen LogP contribution in [0.4, 0.5) is 5.69 Å². The molecule has 0 spiro atoms. The van der Waals surface area contributed by atoms with E-state index in [1.165, 1.54) is 0 Å². The van der Waals surface area contributed by atoms with Gasteiger partial charge in [-0.25, -0.2) is 4.79 Å². The Morgan fingerprint density at radius 1 is 0.968 bits per heavy atom. The highest BCUT2D eigenvalue weighted by Gasteiger charge is 2.42. The van der Waals surface area contributed by atoms with Crippen molar-refractivity contribution in [2.75, 3.05) is 31.6 Å². The van der Waals surface area contributed by atoms with Crippen LogP contribution in [0.5, 0.6) is 0 Å². The fourth-order valence-electron chi connectivity index (χ4n) is 4.21. The topological polar surface area (TPSA) is 58.6 Å². The molecule has 5 nitrogen and oxygen atoms in total. The van der Waals surface area contributed by atoms with Crippen molar-refractivity contribution in [1.82, 2.24) is 4.90 Å². The molecule has 1 N–H and O–H groups in total. The van der Waals surface area contributed by atoms with Crippen LogP contribution in [0.3, 0.4) is 0 Å². The van der Waals surface area contributed by atoms with E-state index in [1.54, 1.807) is 24.3 Å². The van der Waals surface area contributed by atoms with E-state index in [4.69, 9.17) is 4.74 Å². The maximum Gasteiger partial charge on any atom is 0.338 e. The summed E-state index contributed by atoms with van der Waals surface area (Å²) in [7, 11) is 0. The summed E-state index contributed by atoms with van der Waals surface area (Å²) < 4.78 is 5.37. The zero-order chi connectivity index (χ0) is 21.4. The van der Waals surface area contributed by atoms with Gasteiger partial charge in [-0.3, -0.25) is 4.79 Å². The van der Waals surface area contributed by atoms with Crippen LogP contribution < -0.4 is 5.32 Å². The van der Waals surface area contributed by atoms with Gasteiger partial charge in [-0.15, -0.1) is 12.4 Å². The largest absolute Gasteiger partial charge is 0.461 e. The van der Waals surface area contributed by atoms with E-state index in [0.717, 1.165) is 50.9 Å². The van der Waals surface area contributed by atoms with Crippen molar-refractivity contribution in [3.05, 3.63) is 65.7 Å². The number of carbonyl (C=O) groups excluding carboxylic acids is 2. The first-order valence-corrected chi connectivity index (χ1v) is 11.0. The molecule has 168 valence electrons. The molecule has 31 heavy (non-hydrogen) atoms. The van der Waals surface area contributed by atoms with Gasteiger partial charge in [0, 0.05) is 12.2 Å². The number of benzene rings is 2. The third-order valence-corrected chi connectivity index (χ3v) is 6.13. The maximum atomic E-state index is 13.2. The third kappa shape index (κ3) is 6.08. The molecule has 2 aromatic rings. The second-order valence-corrected chi connectivity index (χ2v) is 7.85. The average molecular weight is 445 g/mol. The number of rotatable bonds is 9. The van der Waals surface area contributed by atoms with Gasteiger partial charge < -0.3 is 15.0 Å².